The first-order valence-electron chi connectivity index (χ1n) is 3.74. The Bertz CT molecular complexity index is 103. The minimum atomic E-state index is 0.542. The van der Waals surface area contributed by atoms with Gasteiger partial charge in [-0.05, 0) is 19.8 Å². The van der Waals surface area contributed by atoms with Crippen LogP contribution < -0.4 is 5.32 Å². The lowest BCUT2D eigenvalue weighted by Crippen LogP contribution is -2.28. The molecule has 0 saturated carbocycles. The van der Waals surface area contributed by atoms with Crippen molar-refractivity contribution in [3.63, 3.8) is 0 Å². The Balaban J connectivity index is 2.02. The first kappa shape index (κ1) is 5.69. The standard InChI is InChI=1S/C7H13NO/c1-5-4-7-6(8-5)2-3-9-7/h5-8H,2-4H2,1H3. The molecule has 0 aromatic carbocycles. The summed E-state index contributed by atoms with van der Waals surface area (Å²) in [6.07, 6.45) is 2.97. The Kier molecular flexibility index (Phi) is 1.24. The number of rotatable bonds is 0. The van der Waals surface area contributed by atoms with Crippen LogP contribution in [0, 0.1) is 0 Å². The number of ether oxygens (including phenoxy) is 1. The summed E-state index contributed by atoms with van der Waals surface area (Å²) in [4.78, 5) is 0. The summed E-state index contributed by atoms with van der Waals surface area (Å²) in [7, 11) is 0. The molecule has 0 bridgehead atoms. The van der Waals surface area contributed by atoms with E-state index >= 15 is 0 Å². The van der Waals surface area contributed by atoms with Gasteiger partial charge in [-0.25, -0.2) is 0 Å². The van der Waals surface area contributed by atoms with E-state index in [0.717, 1.165) is 6.61 Å². The molecule has 0 aliphatic carbocycles. The first-order valence-corrected chi connectivity index (χ1v) is 3.74. The van der Waals surface area contributed by atoms with E-state index in [0.29, 0.717) is 18.2 Å². The fourth-order valence-electron chi connectivity index (χ4n) is 1.85. The van der Waals surface area contributed by atoms with E-state index in [-0.39, 0.29) is 0 Å². The second-order valence-corrected chi connectivity index (χ2v) is 3.11. The normalized spacial score (nSPS) is 49.7. The van der Waals surface area contributed by atoms with Crippen LogP contribution in [0.5, 0.6) is 0 Å². The molecular weight excluding hydrogens is 114 g/mol. The van der Waals surface area contributed by atoms with E-state index in [4.69, 9.17) is 4.74 Å². The molecule has 2 nitrogen and oxygen atoms in total. The second-order valence-electron chi connectivity index (χ2n) is 3.11. The highest BCUT2D eigenvalue weighted by Crippen LogP contribution is 2.24. The zero-order chi connectivity index (χ0) is 6.27. The van der Waals surface area contributed by atoms with Gasteiger partial charge in [0.05, 0.1) is 6.10 Å². The molecule has 2 heterocycles. The second kappa shape index (κ2) is 1.96. The van der Waals surface area contributed by atoms with Gasteiger partial charge in [-0.2, -0.15) is 0 Å². The van der Waals surface area contributed by atoms with Crippen LogP contribution in [0.3, 0.4) is 0 Å². The smallest absolute Gasteiger partial charge is 0.0743 e. The summed E-state index contributed by atoms with van der Waals surface area (Å²) in [5, 5.41) is 3.49. The highest BCUT2D eigenvalue weighted by molar-refractivity contribution is 4.92. The highest BCUT2D eigenvalue weighted by Gasteiger charge is 2.35. The van der Waals surface area contributed by atoms with Crippen molar-refractivity contribution >= 4 is 0 Å². The molecule has 2 rings (SSSR count). The van der Waals surface area contributed by atoms with Gasteiger partial charge in [0.2, 0.25) is 0 Å². The largest absolute Gasteiger partial charge is 0.376 e. The predicted molar refractivity (Wildman–Crippen MR) is 35.4 cm³/mol. The number of nitrogens with one attached hydrogen (secondary N) is 1. The summed E-state index contributed by atoms with van der Waals surface area (Å²) in [5.41, 5.74) is 0. The van der Waals surface area contributed by atoms with Crippen LogP contribution in [0.2, 0.25) is 0 Å². The van der Waals surface area contributed by atoms with E-state index < -0.39 is 0 Å². The Morgan fingerprint density at radius 2 is 2.44 bits per heavy atom. The van der Waals surface area contributed by atoms with E-state index in [1.165, 1.54) is 12.8 Å². The number of fused-ring (bicyclic) bond motifs is 1. The van der Waals surface area contributed by atoms with Crippen LogP contribution >= 0.6 is 0 Å². The average Bonchev–Trinajstić information content (AvgIpc) is 2.22. The quantitative estimate of drug-likeness (QED) is 0.512. The van der Waals surface area contributed by atoms with Crippen molar-refractivity contribution in [3.05, 3.63) is 0 Å². The van der Waals surface area contributed by atoms with Crippen LogP contribution in [0.4, 0.5) is 0 Å². The molecule has 2 saturated heterocycles. The third kappa shape index (κ3) is 0.864. The van der Waals surface area contributed by atoms with Crippen molar-refractivity contribution in [1.82, 2.24) is 5.32 Å². The summed E-state index contributed by atoms with van der Waals surface area (Å²) in [6.45, 7) is 3.19. The molecule has 3 atom stereocenters. The molecule has 0 radical (unpaired) electrons. The van der Waals surface area contributed by atoms with E-state index in [2.05, 4.69) is 12.2 Å². The lowest BCUT2D eigenvalue weighted by molar-refractivity contribution is 0.110. The summed E-state index contributed by atoms with van der Waals surface area (Å²) in [5.74, 6) is 0. The third-order valence-corrected chi connectivity index (χ3v) is 2.29. The van der Waals surface area contributed by atoms with Gasteiger partial charge in [0.1, 0.15) is 0 Å². The highest BCUT2D eigenvalue weighted by atomic mass is 16.5. The molecule has 52 valence electrons. The molecule has 2 aliphatic rings. The maximum atomic E-state index is 5.48. The number of hydrogen-bond donors (Lipinski definition) is 1. The summed E-state index contributed by atoms with van der Waals surface area (Å²) >= 11 is 0. The maximum Gasteiger partial charge on any atom is 0.0743 e. The lowest BCUT2D eigenvalue weighted by Gasteiger charge is -2.04. The third-order valence-electron chi connectivity index (χ3n) is 2.29. The van der Waals surface area contributed by atoms with E-state index in [1.807, 2.05) is 0 Å². The van der Waals surface area contributed by atoms with Crippen molar-refractivity contribution in [2.45, 2.75) is 38.0 Å². The Morgan fingerprint density at radius 3 is 3.22 bits per heavy atom. The van der Waals surface area contributed by atoms with Gasteiger partial charge < -0.3 is 10.1 Å². The fourth-order valence-corrected chi connectivity index (χ4v) is 1.85. The summed E-state index contributed by atoms with van der Waals surface area (Å²) in [6, 6.07) is 1.36. The van der Waals surface area contributed by atoms with Gasteiger partial charge in [-0.15, -0.1) is 0 Å². The monoisotopic (exact) mass is 127 g/mol. The van der Waals surface area contributed by atoms with E-state index in [1.54, 1.807) is 0 Å². The molecule has 0 amide bonds. The Morgan fingerprint density at radius 1 is 1.56 bits per heavy atom. The lowest BCUT2D eigenvalue weighted by atomic mass is 10.1. The van der Waals surface area contributed by atoms with Crippen LogP contribution in [0.15, 0.2) is 0 Å². The molecular formula is C7H13NO. The average molecular weight is 127 g/mol. The van der Waals surface area contributed by atoms with Gasteiger partial charge in [-0.1, -0.05) is 0 Å². The van der Waals surface area contributed by atoms with Crippen LogP contribution in [0.25, 0.3) is 0 Å². The molecule has 9 heavy (non-hydrogen) atoms. The molecule has 2 heteroatoms. The van der Waals surface area contributed by atoms with Gasteiger partial charge in [-0.3, -0.25) is 0 Å². The van der Waals surface area contributed by atoms with Crippen LogP contribution in [-0.4, -0.2) is 24.8 Å². The topological polar surface area (TPSA) is 21.3 Å². The molecule has 3 unspecified atom stereocenters. The van der Waals surface area contributed by atoms with Crippen molar-refractivity contribution < 1.29 is 4.74 Å². The first-order chi connectivity index (χ1) is 4.36. The molecule has 0 aromatic rings. The van der Waals surface area contributed by atoms with Crippen molar-refractivity contribution in [3.8, 4) is 0 Å². The minimum Gasteiger partial charge on any atom is -0.376 e. The van der Waals surface area contributed by atoms with Gasteiger partial charge in [0, 0.05) is 18.7 Å². The zero-order valence-corrected chi connectivity index (χ0v) is 5.76. The Labute approximate surface area is 55.6 Å². The fraction of sp³-hybridized carbons (Fsp3) is 1.00. The van der Waals surface area contributed by atoms with Crippen molar-refractivity contribution in [2.24, 2.45) is 0 Å². The molecule has 0 spiro atoms. The SMILES string of the molecule is CC1CC2OCCC2N1. The van der Waals surface area contributed by atoms with Crippen LogP contribution in [-0.2, 0) is 4.74 Å². The Hall–Kier alpha value is -0.0800. The predicted octanol–water partition coefficient (Wildman–Crippen LogP) is 0.526. The molecule has 2 fully saturated rings. The van der Waals surface area contributed by atoms with Crippen molar-refractivity contribution in [2.75, 3.05) is 6.61 Å². The van der Waals surface area contributed by atoms with Gasteiger partial charge in [0.25, 0.3) is 0 Å². The summed E-state index contributed by atoms with van der Waals surface area (Å²) < 4.78 is 5.48. The molecule has 0 aromatic heterocycles. The van der Waals surface area contributed by atoms with Gasteiger partial charge in [0.15, 0.2) is 0 Å². The van der Waals surface area contributed by atoms with E-state index in [9.17, 15) is 0 Å². The van der Waals surface area contributed by atoms with Crippen LogP contribution in [0.1, 0.15) is 19.8 Å². The molecule has 2 aliphatic heterocycles. The maximum absolute atomic E-state index is 5.48. The minimum absolute atomic E-state index is 0.542. The van der Waals surface area contributed by atoms with Gasteiger partial charge >= 0.3 is 0 Å². The van der Waals surface area contributed by atoms with Crippen molar-refractivity contribution in [1.29, 1.82) is 0 Å². The zero-order valence-electron chi connectivity index (χ0n) is 5.76. The molecule has 1 N–H and O–H groups in total. The number of hydrogen-bond acceptors (Lipinski definition) is 2.